The molecule has 1 atom stereocenters. The highest BCUT2D eigenvalue weighted by Crippen LogP contribution is 2.16. The third kappa shape index (κ3) is 5.29. The molecule has 1 aromatic carbocycles. The fourth-order valence-electron chi connectivity index (χ4n) is 2.34. The summed E-state index contributed by atoms with van der Waals surface area (Å²) in [6.45, 7) is -0.0568. The summed E-state index contributed by atoms with van der Waals surface area (Å²) in [5, 5.41) is 0. The van der Waals surface area contributed by atoms with Crippen LogP contribution in [0.5, 0.6) is 0 Å². The van der Waals surface area contributed by atoms with Crippen LogP contribution >= 0.6 is 0 Å². The maximum Gasteiger partial charge on any atom is 0.413 e. The zero-order valence-corrected chi connectivity index (χ0v) is 12.1. The molecule has 0 radical (unpaired) electrons. The predicted octanol–water partition coefficient (Wildman–Crippen LogP) is 0.536. The number of quaternary nitrogens is 1. The highest BCUT2D eigenvalue weighted by Gasteiger charge is 2.31. The number of alkyl halides is 3. The van der Waals surface area contributed by atoms with Crippen molar-refractivity contribution in [2.75, 3.05) is 25.4 Å². The number of nitrogens with one attached hydrogen (secondary N) is 1. The second-order valence-corrected chi connectivity index (χ2v) is 6.84. The van der Waals surface area contributed by atoms with Crippen molar-refractivity contribution in [2.45, 2.75) is 19.1 Å². The van der Waals surface area contributed by atoms with Gasteiger partial charge in [-0.2, -0.15) is 21.6 Å². The predicted molar refractivity (Wildman–Crippen MR) is 70.3 cm³/mol. The molecule has 0 bridgehead atoms. The molecule has 1 aliphatic heterocycles. The van der Waals surface area contributed by atoms with Crippen LogP contribution in [0.4, 0.5) is 13.2 Å². The van der Waals surface area contributed by atoms with Crippen molar-refractivity contribution in [3.05, 3.63) is 35.4 Å². The Morgan fingerprint density at radius 2 is 1.86 bits per heavy atom. The Bertz CT molecular complexity index is 587. The maximum absolute atomic E-state index is 12.0. The van der Waals surface area contributed by atoms with E-state index in [1.54, 1.807) is 0 Å². The molecule has 118 valence electrons. The van der Waals surface area contributed by atoms with E-state index < -0.39 is 28.7 Å². The molecule has 0 spiro atoms. The van der Waals surface area contributed by atoms with Crippen molar-refractivity contribution >= 4 is 10.1 Å². The minimum Gasteiger partial charge on any atom is -0.330 e. The first-order valence-corrected chi connectivity index (χ1v) is 8.17. The van der Waals surface area contributed by atoms with Crippen LogP contribution in [0.15, 0.2) is 24.3 Å². The number of hydrogen-bond acceptors (Lipinski definition) is 3. The molecule has 1 aromatic rings. The van der Waals surface area contributed by atoms with Crippen LogP contribution in [0.2, 0.25) is 0 Å². The fourth-order valence-corrected chi connectivity index (χ4v) is 3.31. The summed E-state index contributed by atoms with van der Waals surface area (Å²) in [5.41, 5.74) is 2.41. The molecule has 21 heavy (non-hydrogen) atoms. The number of benzene rings is 1. The average molecular weight is 324 g/mol. The van der Waals surface area contributed by atoms with E-state index >= 15 is 0 Å². The number of halogens is 3. The van der Waals surface area contributed by atoms with E-state index in [0.717, 1.165) is 23.4 Å². The van der Waals surface area contributed by atoms with Gasteiger partial charge in [-0.05, 0) is 5.56 Å². The normalized spacial score (nSPS) is 19.3. The quantitative estimate of drug-likeness (QED) is 0.804. The molecular weight excluding hydrogens is 307 g/mol. The Labute approximate surface area is 121 Å². The van der Waals surface area contributed by atoms with E-state index in [1.807, 2.05) is 24.3 Å². The lowest BCUT2D eigenvalue weighted by Gasteiger charge is -2.25. The van der Waals surface area contributed by atoms with Gasteiger partial charge in [0, 0.05) is 12.0 Å². The minimum absolute atomic E-state index is 0.245. The van der Waals surface area contributed by atoms with Crippen molar-refractivity contribution < 1.29 is 30.7 Å². The van der Waals surface area contributed by atoms with Crippen LogP contribution < -0.4 is 4.90 Å². The Hall–Kier alpha value is -1.12. The highest BCUT2D eigenvalue weighted by molar-refractivity contribution is 7.86. The van der Waals surface area contributed by atoms with Crippen molar-refractivity contribution in [3.63, 3.8) is 0 Å². The lowest BCUT2D eigenvalue weighted by atomic mass is 10.0. The van der Waals surface area contributed by atoms with Gasteiger partial charge in [-0.1, -0.05) is 24.3 Å². The number of fused-ring (bicyclic) bond motifs is 1. The van der Waals surface area contributed by atoms with Crippen molar-refractivity contribution in [1.82, 2.24) is 0 Å². The van der Waals surface area contributed by atoms with Gasteiger partial charge in [0.1, 0.15) is 12.3 Å². The second-order valence-electron chi connectivity index (χ2n) is 5.08. The van der Waals surface area contributed by atoms with Crippen LogP contribution in [0, 0.1) is 0 Å². The Morgan fingerprint density at radius 3 is 2.52 bits per heavy atom. The standard InChI is InChI=1S/C13H16F3NO3S/c14-13(15,16)10-20-21(18,19)8-7-17-6-5-11-3-1-2-4-12(11)9-17/h1-4H,5-10H2/p+1. The third-order valence-electron chi connectivity index (χ3n) is 3.41. The van der Waals surface area contributed by atoms with Gasteiger partial charge in [0.25, 0.3) is 10.1 Å². The van der Waals surface area contributed by atoms with Gasteiger partial charge in [-0.25, -0.2) is 0 Å². The van der Waals surface area contributed by atoms with Gasteiger partial charge in [-0.15, -0.1) is 0 Å². The number of hydrogen-bond donors (Lipinski definition) is 1. The summed E-state index contributed by atoms with van der Waals surface area (Å²) in [7, 11) is -4.13. The zero-order valence-electron chi connectivity index (χ0n) is 11.3. The lowest BCUT2D eigenvalue weighted by molar-refractivity contribution is -0.913. The summed E-state index contributed by atoms with van der Waals surface area (Å²) < 4.78 is 62.7. The average Bonchev–Trinajstić information content (AvgIpc) is 2.42. The molecule has 1 unspecified atom stereocenters. The van der Waals surface area contributed by atoms with Crippen LogP contribution in [-0.2, 0) is 27.3 Å². The Balaban J connectivity index is 1.84. The van der Waals surface area contributed by atoms with Gasteiger partial charge in [0.15, 0.2) is 6.61 Å². The third-order valence-corrected chi connectivity index (χ3v) is 4.60. The highest BCUT2D eigenvalue weighted by atomic mass is 32.2. The smallest absolute Gasteiger partial charge is 0.330 e. The van der Waals surface area contributed by atoms with E-state index in [1.165, 1.54) is 5.56 Å². The van der Waals surface area contributed by atoms with Crippen molar-refractivity contribution in [3.8, 4) is 0 Å². The van der Waals surface area contributed by atoms with E-state index in [0.29, 0.717) is 6.54 Å². The monoisotopic (exact) mass is 324 g/mol. The Kier molecular flexibility index (Phi) is 4.90. The molecule has 0 amide bonds. The van der Waals surface area contributed by atoms with Crippen LogP contribution in [0.1, 0.15) is 11.1 Å². The lowest BCUT2D eigenvalue weighted by Crippen LogP contribution is -3.12. The van der Waals surface area contributed by atoms with Crippen LogP contribution in [0.3, 0.4) is 0 Å². The fraction of sp³-hybridized carbons (Fsp3) is 0.538. The molecule has 4 nitrogen and oxygen atoms in total. The second kappa shape index (κ2) is 6.33. The molecule has 0 saturated carbocycles. The summed E-state index contributed by atoms with van der Waals surface area (Å²) in [6.07, 6.45) is -3.79. The van der Waals surface area contributed by atoms with Gasteiger partial charge < -0.3 is 4.90 Å². The van der Waals surface area contributed by atoms with E-state index in [2.05, 4.69) is 4.18 Å². The summed E-state index contributed by atoms with van der Waals surface area (Å²) in [4.78, 5) is 1.04. The topological polar surface area (TPSA) is 47.8 Å². The van der Waals surface area contributed by atoms with Gasteiger partial charge in [0.05, 0.1) is 13.1 Å². The van der Waals surface area contributed by atoms with Crippen LogP contribution in [-0.4, -0.2) is 40.0 Å². The summed E-state index contributed by atoms with van der Waals surface area (Å²) in [6, 6.07) is 7.91. The maximum atomic E-state index is 12.0. The molecule has 8 heteroatoms. The largest absolute Gasteiger partial charge is 0.413 e. The molecule has 0 fully saturated rings. The SMILES string of the molecule is O=S(=O)(CC[NH+]1CCc2ccccc2C1)OCC(F)(F)F. The molecule has 1 heterocycles. The van der Waals surface area contributed by atoms with Gasteiger partial charge >= 0.3 is 6.18 Å². The zero-order chi connectivity index (χ0) is 15.5. The Morgan fingerprint density at radius 1 is 1.19 bits per heavy atom. The van der Waals surface area contributed by atoms with E-state index in [-0.39, 0.29) is 6.54 Å². The summed E-state index contributed by atoms with van der Waals surface area (Å²) in [5.74, 6) is -0.402. The van der Waals surface area contributed by atoms with Gasteiger partial charge in [0.2, 0.25) is 0 Å². The molecular formula is C13H17F3NO3S+. The molecule has 0 saturated heterocycles. The molecule has 1 aliphatic rings. The van der Waals surface area contributed by atoms with E-state index in [4.69, 9.17) is 0 Å². The van der Waals surface area contributed by atoms with E-state index in [9.17, 15) is 21.6 Å². The molecule has 1 N–H and O–H groups in total. The minimum atomic E-state index is -4.63. The van der Waals surface area contributed by atoms with Crippen molar-refractivity contribution in [2.24, 2.45) is 0 Å². The molecule has 2 rings (SSSR count). The first kappa shape index (κ1) is 16.3. The van der Waals surface area contributed by atoms with Crippen molar-refractivity contribution in [1.29, 1.82) is 0 Å². The first-order valence-electron chi connectivity index (χ1n) is 6.59. The summed E-state index contributed by atoms with van der Waals surface area (Å²) >= 11 is 0. The first-order chi connectivity index (χ1) is 9.75. The number of rotatable bonds is 5. The van der Waals surface area contributed by atoms with Gasteiger partial charge in [-0.3, -0.25) is 4.18 Å². The molecule has 0 aliphatic carbocycles. The van der Waals surface area contributed by atoms with Crippen LogP contribution in [0.25, 0.3) is 0 Å². The molecule has 0 aromatic heterocycles.